The second kappa shape index (κ2) is 3.93. The fraction of sp³-hybridized carbons (Fsp3) is 0.0667. The number of benzene rings is 2. The van der Waals surface area contributed by atoms with Gasteiger partial charge in [0, 0.05) is 11.1 Å². The molecule has 1 N–H and O–H groups in total. The molecule has 0 aliphatic heterocycles. The minimum Gasteiger partial charge on any atom is -0.478 e. The number of halogens is 1. The van der Waals surface area contributed by atoms with E-state index in [9.17, 15) is 9.59 Å². The third-order valence-corrected chi connectivity index (χ3v) is 3.57. The number of rotatable bonds is 1. The SMILES string of the molecule is Cc1ccc2c(c1)C(=O)c1c(Cl)cc(C(=O)O)cc1-2. The Morgan fingerprint density at radius 2 is 1.84 bits per heavy atom. The van der Waals surface area contributed by atoms with E-state index in [1.807, 2.05) is 19.1 Å². The van der Waals surface area contributed by atoms with Crippen molar-refractivity contribution in [1.82, 2.24) is 0 Å². The molecular weight excluding hydrogens is 264 g/mol. The maximum absolute atomic E-state index is 12.3. The molecule has 0 radical (unpaired) electrons. The van der Waals surface area contributed by atoms with Crippen molar-refractivity contribution in [3.05, 3.63) is 57.6 Å². The lowest BCUT2D eigenvalue weighted by molar-refractivity contribution is 0.0696. The smallest absolute Gasteiger partial charge is 0.335 e. The molecule has 0 saturated carbocycles. The van der Waals surface area contributed by atoms with Gasteiger partial charge < -0.3 is 5.11 Å². The van der Waals surface area contributed by atoms with Crippen LogP contribution in [0.3, 0.4) is 0 Å². The van der Waals surface area contributed by atoms with Gasteiger partial charge in [-0.25, -0.2) is 4.79 Å². The van der Waals surface area contributed by atoms with Gasteiger partial charge in [-0.1, -0.05) is 29.3 Å². The Morgan fingerprint density at radius 1 is 1.11 bits per heavy atom. The second-order valence-electron chi connectivity index (χ2n) is 4.56. The van der Waals surface area contributed by atoms with Gasteiger partial charge in [0.05, 0.1) is 10.6 Å². The lowest BCUT2D eigenvalue weighted by Crippen LogP contribution is -2.00. The minimum atomic E-state index is -1.06. The third-order valence-electron chi connectivity index (χ3n) is 3.27. The average molecular weight is 273 g/mol. The average Bonchev–Trinajstić information content (AvgIpc) is 2.63. The third kappa shape index (κ3) is 1.66. The Balaban J connectivity index is 2.35. The number of aryl methyl sites for hydroxylation is 1. The minimum absolute atomic E-state index is 0.0879. The van der Waals surface area contributed by atoms with E-state index in [1.165, 1.54) is 12.1 Å². The molecule has 1 aliphatic carbocycles. The predicted octanol–water partition coefficient (Wildman–Crippen LogP) is 3.56. The number of aromatic carboxylic acids is 1. The first kappa shape index (κ1) is 11.9. The first-order valence-electron chi connectivity index (χ1n) is 5.71. The first-order chi connectivity index (χ1) is 8.99. The molecule has 94 valence electrons. The molecule has 0 amide bonds. The molecule has 19 heavy (non-hydrogen) atoms. The molecule has 2 aromatic rings. The van der Waals surface area contributed by atoms with E-state index in [-0.39, 0.29) is 16.4 Å². The number of carbonyl (C=O) groups is 2. The summed E-state index contributed by atoms with van der Waals surface area (Å²) in [6.07, 6.45) is 0. The number of hydrogen-bond acceptors (Lipinski definition) is 2. The van der Waals surface area contributed by atoms with Crippen molar-refractivity contribution >= 4 is 23.4 Å². The van der Waals surface area contributed by atoms with E-state index in [0.717, 1.165) is 11.1 Å². The molecule has 4 heteroatoms. The topological polar surface area (TPSA) is 54.4 Å². The lowest BCUT2D eigenvalue weighted by atomic mass is 10.0. The Morgan fingerprint density at radius 3 is 2.53 bits per heavy atom. The van der Waals surface area contributed by atoms with Gasteiger partial charge in [-0.15, -0.1) is 0 Å². The molecular formula is C15H9ClO3. The van der Waals surface area contributed by atoms with Gasteiger partial charge in [0.15, 0.2) is 5.78 Å². The second-order valence-corrected chi connectivity index (χ2v) is 4.97. The van der Waals surface area contributed by atoms with Crippen LogP contribution in [0.2, 0.25) is 5.02 Å². The molecule has 0 aromatic heterocycles. The van der Waals surface area contributed by atoms with Crippen molar-refractivity contribution < 1.29 is 14.7 Å². The number of hydrogen-bond donors (Lipinski definition) is 1. The van der Waals surface area contributed by atoms with E-state index < -0.39 is 5.97 Å². The summed E-state index contributed by atoms with van der Waals surface area (Å²) in [5, 5.41) is 9.24. The molecule has 0 unspecified atom stereocenters. The summed E-state index contributed by atoms with van der Waals surface area (Å²) < 4.78 is 0. The van der Waals surface area contributed by atoms with Crippen molar-refractivity contribution in [2.75, 3.05) is 0 Å². The molecule has 0 heterocycles. The van der Waals surface area contributed by atoms with Crippen LogP contribution in [0, 0.1) is 6.92 Å². The predicted molar refractivity (Wildman–Crippen MR) is 72.0 cm³/mol. The fourth-order valence-corrected chi connectivity index (χ4v) is 2.69. The summed E-state index contributed by atoms with van der Waals surface area (Å²) in [6, 6.07) is 8.34. The van der Waals surface area contributed by atoms with Gasteiger partial charge in [0.25, 0.3) is 0 Å². The molecule has 0 spiro atoms. The number of fused-ring (bicyclic) bond motifs is 3. The highest BCUT2D eigenvalue weighted by Gasteiger charge is 2.30. The van der Waals surface area contributed by atoms with Crippen molar-refractivity contribution in [2.24, 2.45) is 0 Å². The van der Waals surface area contributed by atoms with Crippen molar-refractivity contribution in [2.45, 2.75) is 6.92 Å². The van der Waals surface area contributed by atoms with Crippen LogP contribution in [0.15, 0.2) is 30.3 Å². The maximum atomic E-state index is 12.3. The van der Waals surface area contributed by atoms with Crippen LogP contribution < -0.4 is 0 Å². The standard InChI is InChI=1S/C15H9ClO3/c1-7-2-3-9-10-5-8(15(18)19)6-12(16)13(10)14(17)11(9)4-7/h2-6H,1H3,(H,18,19). The molecule has 0 fully saturated rings. The van der Waals surface area contributed by atoms with Gasteiger partial charge in [0.2, 0.25) is 0 Å². The van der Waals surface area contributed by atoms with E-state index in [4.69, 9.17) is 16.7 Å². The monoisotopic (exact) mass is 272 g/mol. The lowest BCUT2D eigenvalue weighted by Gasteiger charge is -2.04. The van der Waals surface area contributed by atoms with Crippen LogP contribution in [-0.2, 0) is 0 Å². The van der Waals surface area contributed by atoms with Crippen LogP contribution in [0.5, 0.6) is 0 Å². The Kier molecular flexibility index (Phi) is 2.47. The maximum Gasteiger partial charge on any atom is 0.335 e. The molecule has 1 aliphatic rings. The normalized spacial score (nSPS) is 12.2. The summed E-state index contributed by atoms with van der Waals surface area (Å²) in [4.78, 5) is 23.4. The van der Waals surface area contributed by atoms with Crippen LogP contribution in [-0.4, -0.2) is 16.9 Å². The van der Waals surface area contributed by atoms with E-state index in [2.05, 4.69) is 0 Å². The quantitative estimate of drug-likeness (QED) is 0.737. The molecule has 0 saturated heterocycles. The Hall–Kier alpha value is -2.13. The van der Waals surface area contributed by atoms with Crippen molar-refractivity contribution in [1.29, 1.82) is 0 Å². The zero-order valence-electron chi connectivity index (χ0n) is 10.0. The fourth-order valence-electron chi connectivity index (χ4n) is 2.39. The van der Waals surface area contributed by atoms with Crippen LogP contribution in [0.1, 0.15) is 31.8 Å². The van der Waals surface area contributed by atoms with Gasteiger partial charge in [0.1, 0.15) is 0 Å². The number of ketones is 1. The Labute approximate surface area is 114 Å². The summed E-state index contributed by atoms with van der Waals surface area (Å²) >= 11 is 6.06. The Bertz CT molecular complexity index is 747. The van der Waals surface area contributed by atoms with Crippen LogP contribution in [0.25, 0.3) is 11.1 Å². The number of carboxylic acids is 1. The van der Waals surface area contributed by atoms with E-state index >= 15 is 0 Å². The summed E-state index contributed by atoms with van der Waals surface area (Å²) in [5.41, 5.74) is 3.40. The van der Waals surface area contributed by atoms with Gasteiger partial charge >= 0.3 is 5.97 Å². The summed E-state index contributed by atoms with van der Waals surface area (Å²) in [6.45, 7) is 1.90. The summed E-state index contributed by atoms with van der Waals surface area (Å²) in [7, 11) is 0. The van der Waals surface area contributed by atoms with Crippen LogP contribution in [0.4, 0.5) is 0 Å². The van der Waals surface area contributed by atoms with Crippen molar-refractivity contribution in [3.8, 4) is 11.1 Å². The molecule has 3 nitrogen and oxygen atoms in total. The first-order valence-corrected chi connectivity index (χ1v) is 6.09. The number of carbonyl (C=O) groups excluding carboxylic acids is 1. The molecule has 3 rings (SSSR count). The highest BCUT2D eigenvalue weighted by molar-refractivity contribution is 6.38. The van der Waals surface area contributed by atoms with Gasteiger partial charge in [-0.3, -0.25) is 4.79 Å². The summed E-state index contributed by atoms with van der Waals surface area (Å²) in [5.74, 6) is -1.20. The number of carboxylic acid groups (broad SMARTS) is 1. The van der Waals surface area contributed by atoms with E-state index in [0.29, 0.717) is 16.7 Å². The highest BCUT2D eigenvalue weighted by atomic mass is 35.5. The zero-order chi connectivity index (χ0) is 13.7. The van der Waals surface area contributed by atoms with E-state index in [1.54, 1.807) is 6.07 Å². The largest absolute Gasteiger partial charge is 0.478 e. The molecule has 0 bridgehead atoms. The highest BCUT2D eigenvalue weighted by Crippen LogP contribution is 2.41. The van der Waals surface area contributed by atoms with Crippen molar-refractivity contribution in [3.63, 3.8) is 0 Å². The van der Waals surface area contributed by atoms with Crippen LogP contribution >= 0.6 is 11.6 Å². The van der Waals surface area contributed by atoms with Gasteiger partial charge in [-0.2, -0.15) is 0 Å². The van der Waals surface area contributed by atoms with Gasteiger partial charge in [-0.05, 0) is 36.2 Å². The molecule has 0 atom stereocenters. The molecule has 2 aromatic carbocycles. The zero-order valence-corrected chi connectivity index (χ0v) is 10.8.